The number of nitrogens with zero attached hydrogens (tertiary/aromatic N) is 1. The topological polar surface area (TPSA) is 86.5 Å². The van der Waals surface area contributed by atoms with E-state index in [-0.39, 0.29) is 13.0 Å². The minimum absolute atomic E-state index is 0.129. The first-order valence-corrected chi connectivity index (χ1v) is 6.38. The highest BCUT2D eigenvalue weighted by Crippen LogP contribution is 2.18. The van der Waals surface area contributed by atoms with Gasteiger partial charge in [0.2, 0.25) is 5.82 Å². The van der Waals surface area contributed by atoms with Crippen LogP contribution in [0.5, 0.6) is 0 Å². The van der Waals surface area contributed by atoms with E-state index in [1.807, 2.05) is 0 Å². The molecule has 0 aliphatic carbocycles. The first kappa shape index (κ1) is 13.5. The smallest absolute Gasteiger partial charge is 0.270 e. The third-order valence-electron chi connectivity index (χ3n) is 1.90. The molecule has 0 heterocycles. The van der Waals surface area contributed by atoms with Gasteiger partial charge in [-0.05, 0) is 18.1 Å². The average Bonchev–Trinajstić information content (AvgIpc) is 2.15. The molecule has 0 spiro atoms. The van der Waals surface area contributed by atoms with Gasteiger partial charge in [-0.3, -0.25) is 14.3 Å². The summed E-state index contributed by atoms with van der Waals surface area (Å²) >= 11 is 0. The molecule has 0 amide bonds. The molecule has 94 valence electrons. The van der Waals surface area contributed by atoms with Gasteiger partial charge >= 0.3 is 5.69 Å². The Morgan fingerprint density at radius 2 is 2.12 bits per heavy atom. The third-order valence-corrected chi connectivity index (χ3v) is 2.49. The molecule has 6 nitrogen and oxygen atoms in total. The van der Waals surface area contributed by atoms with E-state index in [0.717, 1.165) is 18.4 Å². The van der Waals surface area contributed by atoms with Gasteiger partial charge in [-0.25, -0.2) is 0 Å². The fourth-order valence-corrected chi connectivity index (χ4v) is 1.55. The molecular formula is C9H10FNO5S. The number of halogens is 1. The van der Waals surface area contributed by atoms with E-state index in [9.17, 15) is 22.9 Å². The quantitative estimate of drug-likeness (QED) is 0.453. The van der Waals surface area contributed by atoms with Gasteiger partial charge in [0.15, 0.2) is 0 Å². The Morgan fingerprint density at radius 1 is 1.47 bits per heavy atom. The highest BCUT2D eigenvalue weighted by Gasteiger charge is 2.13. The van der Waals surface area contributed by atoms with Crippen LogP contribution in [0.2, 0.25) is 0 Å². The summed E-state index contributed by atoms with van der Waals surface area (Å²) < 4.78 is 38.9. The van der Waals surface area contributed by atoms with Crippen molar-refractivity contribution < 1.29 is 21.9 Å². The minimum atomic E-state index is -3.53. The Kier molecular flexibility index (Phi) is 4.13. The molecule has 1 rings (SSSR count). The van der Waals surface area contributed by atoms with Gasteiger partial charge in [0.25, 0.3) is 10.1 Å². The first-order chi connectivity index (χ1) is 7.79. The van der Waals surface area contributed by atoms with Gasteiger partial charge in [-0.1, -0.05) is 6.07 Å². The van der Waals surface area contributed by atoms with Crippen LogP contribution in [0.3, 0.4) is 0 Å². The Bertz CT molecular complexity index is 528. The summed E-state index contributed by atoms with van der Waals surface area (Å²) in [5.41, 5.74) is -0.186. The Hall–Kier alpha value is -1.54. The molecule has 0 saturated carbocycles. The molecule has 0 fully saturated rings. The van der Waals surface area contributed by atoms with Crippen LogP contribution in [-0.2, 0) is 20.7 Å². The van der Waals surface area contributed by atoms with Crippen LogP contribution in [0.4, 0.5) is 10.1 Å². The Labute approximate surface area is 97.3 Å². The van der Waals surface area contributed by atoms with Crippen LogP contribution in [0.15, 0.2) is 18.2 Å². The van der Waals surface area contributed by atoms with Crippen molar-refractivity contribution in [2.45, 2.75) is 6.42 Å². The predicted octanol–water partition coefficient (Wildman–Crippen LogP) is 1.25. The normalized spacial score (nSPS) is 11.4. The van der Waals surface area contributed by atoms with Crippen molar-refractivity contribution in [2.75, 3.05) is 12.9 Å². The van der Waals surface area contributed by atoms with E-state index in [2.05, 4.69) is 4.18 Å². The summed E-state index contributed by atoms with van der Waals surface area (Å²) in [6, 6.07) is 3.38. The molecule has 0 bridgehead atoms. The Morgan fingerprint density at radius 3 is 2.59 bits per heavy atom. The highest BCUT2D eigenvalue weighted by atomic mass is 32.2. The van der Waals surface area contributed by atoms with Gasteiger partial charge in [-0.2, -0.15) is 12.8 Å². The van der Waals surface area contributed by atoms with Crippen molar-refractivity contribution in [3.63, 3.8) is 0 Å². The maximum absolute atomic E-state index is 13.2. The van der Waals surface area contributed by atoms with E-state index >= 15 is 0 Å². The van der Waals surface area contributed by atoms with Gasteiger partial charge in [-0.15, -0.1) is 0 Å². The lowest BCUT2D eigenvalue weighted by Crippen LogP contribution is -2.06. The average molecular weight is 263 g/mol. The van der Waals surface area contributed by atoms with E-state index < -0.39 is 26.5 Å². The van der Waals surface area contributed by atoms with Crippen LogP contribution in [0.25, 0.3) is 0 Å². The van der Waals surface area contributed by atoms with Crippen molar-refractivity contribution in [1.29, 1.82) is 0 Å². The van der Waals surface area contributed by atoms with Gasteiger partial charge in [0.05, 0.1) is 17.8 Å². The van der Waals surface area contributed by atoms with Crippen molar-refractivity contribution in [3.05, 3.63) is 39.7 Å². The highest BCUT2D eigenvalue weighted by molar-refractivity contribution is 7.85. The zero-order valence-corrected chi connectivity index (χ0v) is 9.74. The molecule has 1 aromatic carbocycles. The lowest BCUT2D eigenvalue weighted by atomic mass is 10.1. The van der Waals surface area contributed by atoms with Crippen LogP contribution in [0, 0.1) is 15.9 Å². The lowest BCUT2D eigenvalue weighted by Gasteiger charge is -2.02. The second kappa shape index (κ2) is 5.19. The van der Waals surface area contributed by atoms with Crippen molar-refractivity contribution in [3.8, 4) is 0 Å². The predicted molar refractivity (Wildman–Crippen MR) is 57.6 cm³/mol. The standard InChI is InChI=1S/C9H10FNO5S/c1-17(14,15)16-5-4-7-2-3-9(11(12)13)8(10)6-7/h2-3,6H,4-5H2,1H3. The van der Waals surface area contributed by atoms with Crippen molar-refractivity contribution in [2.24, 2.45) is 0 Å². The fourth-order valence-electron chi connectivity index (χ4n) is 1.16. The number of hydrogen-bond donors (Lipinski definition) is 0. The number of hydrogen-bond acceptors (Lipinski definition) is 5. The lowest BCUT2D eigenvalue weighted by molar-refractivity contribution is -0.387. The van der Waals surface area contributed by atoms with E-state index in [1.54, 1.807) is 0 Å². The summed E-state index contributed by atoms with van der Waals surface area (Å²) in [6.07, 6.45) is 1.06. The molecule has 0 radical (unpaired) electrons. The van der Waals surface area contributed by atoms with Gasteiger partial charge in [0.1, 0.15) is 0 Å². The van der Waals surface area contributed by atoms with Crippen LogP contribution in [0.1, 0.15) is 5.56 Å². The molecule has 0 N–H and O–H groups in total. The number of benzene rings is 1. The molecule has 8 heteroatoms. The summed E-state index contributed by atoms with van der Waals surface area (Å²) in [6.45, 7) is -0.129. The fraction of sp³-hybridized carbons (Fsp3) is 0.333. The SMILES string of the molecule is CS(=O)(=O)OCCc1ccc([N+](=O)[O-])c(F)c1. The number of nitro groups is 1. The largest absolute Gasteiger partial charge is 0.304 e. The molecule has 0 saturated heterocycles. The summed E-state index contributed by atoms with van der Waals surface area (Å²) in [4.78, 5) is 9.51. The maximum Gasteiger partial charge on any atom is 0.304 e. The summed E-state index contributed by atoms with van der Waals surface area (Å²) in [7, 11) is -3.53. The molecule has 0 aliphatic rings. The van der Waals surface area contributed by atoms with E-state index in [4.69, 9.17) is 0 Å². The van der Waals surface area contributed by atoms with Crippen LogP contribution in [-0.4, -0.2) is 26.2 Å². The number of nitro benzene ring substituents is 1. The maximum atomic E-state index is 13.2. The second-order valence-corrected chi connectivity index (χ2v) is 4.96. The molecule has 0 unspecified atom stereocenters. The third kappa shape index (κ3) is 4.45. The zero-order chi connectivity index (χ0) is 13.1. The second-order valence-electron chi connectivity index (χ2n) is 3.32. The zero-order valence-electron chi connectivity index (χ0n) is 8.92. The van der Waals surface area contributed by atoms with Gasteiger partial charge in [0, 0.05) is 6.07 Å². The van der Waals surface area contributed by atoms with Crippen LogP contribution < -0.4 is 0 Å². The van der Waals surface area contributed by atoms with E-state index in [1.165, 1.54) is 6.07 Å². The Balaban J connectivity index is 2.68. The minimum Gasteiger partial charge on any atom is -0.270 e. The monoisotopic (exact) mass is 263 g/mol. The summed E-state index contributed by atoms with van der Waals surface area (Å²) in [5.74, 6) is -0.952. The molecule has 0 aromatic heterocycles. The molecule has 17 heavy (non-hydrogen) atoms. The molecule has 0 atom stereocenters. The van der Waals surface area contributed by atoms with Crippen LogP contribution >= 0.6 is 0 Å². The number of rotatable bonds is 5. The van der Waals surface area contributed by atoms with E-state index in [0.29, 0.717) is 5.56 Å². The molecule has 0 aliphatic heterocycles. The molecule has 1 aromatic rings. The molecular weight excluding hydrogens is 253 g/mol. The van der Waals surface area contributed by atoms with Crippen molar-refractivity contribution >= 4 is 15.8 Å². The van der Waals surface area contributed by atoms with Crippen molar-refractivity contribution in [1.82, 2.24) is 0 Å². The van der Waals surface area contributed by atoms with Gasteiger partial charge < -0.3 is 0 Å². The first-order valence-electron chi connectivity index (χ1n) is 4.57. The summed E-state index contributed by atoms with van der Waals surface area (Å²) in [5, 5.41) is 10.3.